The molecule has 0 aliphatic rings. The standard InChI is InChI=1S/C27H45N3O4/c1-3-5-7-9-10-11-12-14-25(31)30-24(26(32)29-19-13-8-6-4-2)21-28-20-22-15-17-23(18-16-22)27(33)34/h15-18,24,28H,3-14,19-21H2,1-2H3,(H,29,32)(H,30,31)(H,33,34)/t24-/m0/s1. The number of aromatic carboxylic acids is 1. The van der Waals surface area contributed by atoms with Crippen molar-refractivity contribution in [3.05, 3.63) is 35.4 Å². The molecule has 4 N–H and O–H groups in total. The van der Waals surface area contributed by atoms with Gasteiger partial charge in [0.05, 0.1) is 5.56 Å². The highest BCUT2D eigenvalue weighted by Crippen LogP contribution is 2.08. The van der Waals surface area contributed by atoms with Crippen LogP contribution in [0.25, 0.3) is 0 Å². The second-order valence-electron chi connectivity index (χ2n) is 8.98. The van der Waals surface area contributed by atoms with Crippen LogP contribution in [0.1, 0.15) is 107 Å². The van der Waals surface area contributed by atoms with Crippen molar-refractivity contribution >= 4 is 17.8 Å². The lowest BCUT2D eigenvalue weighted by Gasteiger charge is -2.19. The Bertz CT molecular complexity index is 706. The number of unbranched alkanes of at least 4 members (excludes halogenated alkanes) is 9. The maximum absolute atomic E-state index is 12.7. The molecule has 0 unspecified atom stereocenters. The number of carbonyl (C=O) groups excluding carboxylic acids is 2. The topological polar surface area (TPSA) is 108 Å². The first kappa shape index (κ1) is 29.6. The third-order valence-electron chi connectivity index (χ3n) is 5.87. The van der Waals surface area contributed by atoms with Crippen molar-refractivity contribution in [2.75, 3.05) is 13.1 Å². The van der Waals surface area contributed by atoms with E-state index in [-0.39, 0.29) is 17.4 Å². The van der Waals surface area contributed by atoms with Gasteiger partial charge in [0.1, 0.15) is 6.04 Å². The highest BCUT2D eigenvalue weighted by Gasteiger charge is 2.20. The van der Waals surface area contributed by atoms with E-state index in [1.54, 1.807) is 24.3 Å². The number of nitrogens with one attached hydrogen (secondary N) is 3. The van der Waals surface area contributed by atoms with E-state index in [2.05, 4.69) is 29.8 Å². The van der Waals surface area contributed by atoms with E-state index in [4.69, 9.17) is 5.11 Å². The van der Waals surface area contributed by atoms with E-state index in [0.717, 1.165) is 50.5 Å². The van der Waals surface area contributed by atoms with Crippen LogP contribution in [-0.2, 0) is 16.1 Å². The first-order chi connectivity index (χ1) is 16.5. The molecule has 0 radical (unpaired) electrons. The molecule has 0 saturated heterocycles. The van der Waals surface area contributed by atoms with Crippen molar-refractivity contribution in [1.82, 2.24) is 16.0 Å². The van der Waals surface area contributed by atoms with E-state index in [0.29, 0.717) is 26.1 Å². The van der Waals surface area contributed by atoms with Gasteiger partial charge in [-0.05, 0) is 30.5 Å². The summed E-state index contributed by atoms with van der Waals surface area (Å²) in [6.45, 7) is 5.75. The number of hydrogen-bond acceptors (Lipinski definition) is 4. The Morgan fingerprint density at radius 1 is 0.824 bits per heavy atom. The largest absolute Gasteiger partial charge is 0.478 e. The summed E-state index contributed by atoms with van der Waals surface area (Å²) in [5, 5.41) is 18.1. The molecule has 0 aliphatic carbocycles. The Kier molecular flexibility index (Phi) is 16.5. The Balaban J connectivity index is 2.48. The van der Waals surface area contributed by atoms with Gasteiger partial charge in [-0.1, -0.05) is 83.8 Å². The van der Waals surface area contributed by atoms with Crippen LogP contribution in [-0.4, -0.2) is 42.0 Å². The van der Waals surface area contributed by atoms with Gasteiger partial charge in [0.25, 0.3) is 0 Å². The highest BCUT2D eigenvalue weighted by atomic mass is 16.4. The van der Waals surface area contributed by atoms with Gasteiger partial charge in [-0.15, -0.1) is 0 Å². The fourth-order valence-corrected chi connectivity index (χ4v) is 3.73. The van der Waals surface area contributed by atoms with Gasteiger partial charge in [0.15, 0.2) is 0 Å². The number of carbonyl (C=O) groups is 3. The summed E-state index contributed by atoms with van der Waals surface area (Å²) < 4.78 is 0. The Morgan fingerprint density at radius 2 is 1.41 bits per heavy atom. The summed E-state index contributed by atoms with van der Waals surface area (Å²) in [5.74, 6) is -1.22. The fraction of sp³-hybridized carbons (Fsp3) is 0.667. The highest BCUT2D eigenvalue weighted by molar-refractivity contribution is 5.88. The van der Waals surface area contributed by atoms with Crippen molar-refractivity contribution in [3.8, 4) is 0 Å². The molecular formula is C27H45N3O4. The van der Waals surface area contributed by atoms with Gasteiger partial charge in [0.2, 0.25) is 11.8 Å². The molecular weight excluding hydrogens is 430 g/mol. The van der Waals surface area contributed by atoms with E-state index in [1.807, 2.05) is 0 Å². The molecule has 1 aromatic rings. The first-order valence-electron chi connectivity index (χ1n) is 13.1. The normalized spacial score (nSPS) is 11.7. The minimum atomic E-state index is -0.959. The zero-order chi connectivity index (χ0) is 25.0. The number of benzene rings is 1. The molecule has 7 heteroatoms. The molecule has 192 valence electrons. The summed E-state index contributed by atoms with van der Waals surface area (Å²) in [6, 6.07) is 5.98. The van der Waals surface area contributed by atoms with Gasteiger partial charge < -0.3 is 21.1 Å². The van der Waals surface area contributed by atoms with Crippen molar-refractivity contribution in [1.29, 1.82) is 0 Å². The van der Waals surface area contributed by atoms with Gasteiger partial charge in [-0.2, -0.15) is 0 Å². The van der Waals surface area contributed by atoms with Crippen LogP contribution in [0.2, 0.25) is 0 Å². The molecule has 0 spiro atoms. The molecule has 0 bridgehead atoms. The predicted octanol–water partition coefficient (Wildman–Crippen LogP) is 4.80. The lowest BCUT2D eigenvalue weighted by atomic mass is 10.1. The third kappa shape index (κ3) is 14.0. The molecule has 0 saturated carbocycles. The Hall–Kier alpha value is -2.41. The van der Waals surface area contributed by atoms with Gasteiger partial charge in [0, 0.05) is 26.1 Å². The average molecular weight is 476 g/mol. The number of rotatable bonds is 20. The van der Waals surface area contributed by atoms with E-state index < -0.39 is 12.0 Å². The van der Waals surface area contributed by atoms with Crippen LogP contribution in [0.15, 0.2) is 24.3 Å². The lowest BCUT2D eigenvalue weighted by molar-refractivity contribution is -0.129. The molecule has 0 aromatic heterocycles. The summed E-state index contributed by atoms with van der Waals surface area (Å²) in [7, 11) is 0. The van der Waals surface area contributed by atoms with E-state index >= 15 is 0 Å². The second kappa shape index (κ2) is 19.0. The smallest absolute Gasteiger partial charge is 0.335 e. The SMILES string of the molecule is CCCCCCCCCC(=O)N[C@@H](CNCc1ccc(C(=O)O)cc1)C(=O)NCCCCCC. The molecule has 0 aliphatic heterocycles. The predicted molar refractivity (Wildman–Crippen MR) is 137 cm³/mol. The van der Waals surface area contributed by atoms with Crippen molar-refractivity contribution in [2.24, 2.45) is 0 Å². The van der Waals surface area contributed by atoms with Crippen LogP contribution < -0.4 is 16.0 Å². The Morgan fingerprint density at radius 3 is 2.03 bits per heavy atom. The van der Waals surface area contributed by atoms with Crippen molar-refractivity contribution < 1.29 is 19.5 Å². The molecule has 1 aromatic carbocycles. The Labute approximate surface area is 205 Å². The minimum Gasteiger partial charge on any atom is -0.478 e. The zero-order valence-electron chi connectivity index (χ0n) is 21.2. The van der Waals surface area contributed by atoms with Crippen LogP contribution in [0.4, 0.5) is 0 Å². The summed E-state index contributed by atoms with van der Waals surface area (Å²) in [5.41, 5.74) is 1.15. The van der Waals surface area contributed by atoms with Crippen LogP contribution in [0.3, 0.4) is 0 Å². The molecule has 2 amide bonds. The lowest BCUT2D eigenvalue weighted by Crippen LogP contribution is -2.51. The van der Waals surface area contributed by atoms with E-state index in [1.165, 1.54) is 25.7 Å². The second-order valence-corrected chi connectivity index (χ2v) is 8.98. The molecule has 1 atom stereocenters. The van der Waals surface area contributed by atoms with Crippen molar-refractivity contribution in [2.45, 2.75) is 103 Å². The maximum atomic E-state index is 12.7. The van der Waals surface area contributed by atoms with Crippen LogP contribution >= 0.6 is 0 Å². The van der Waals surface area contributed by atoms with E-state index in [9.17, 15) is 14.4 Å². The summed E-state index contributed by atoms with van der Waals surface area (Å²) >= 11 is 0. The maximum Gasteiger partial charge on any atom is 0.335 e. The van der Waals surface area contributed by atoms with Crippen molar-refractivity contribution in [3.63, 3.8) is 0 Å². The number of hydrogen-bond donors (Lipinski definition) is 4. The van der Waals surface area contributed by atoms with Gasteiger partial charge >= 0.3 is 5.97 Å². The molecule has 7 nitrogen and oxygen atoms in total. The van der Waals surface area contributed by atoms with Crippen LogP contribution in [0.5, 0.6) is 0 Å². The number of amides is 2. The monoisotopic (exact) mass is 475 g/mol. The molecule has 0 fully saturated rings. The fourth-order valence-electron chi connectivity index (χ4n) is 3.73. The van der Waals surface area contributed by atoms with Gasteiger partial charge in [-0.3, -0.25) is 9.59 Å². The average Bonchev–Trinajstić information content (AvgIpc) is 2.83. The number of carboxylic acid groups (broad SMARTS) is 1. The number of carboxylic acids is 1. The van der Waals surface area contributed by atoms with Crippen LogP contribution in [0, 0.1) is 0 Å². The molecule has 0 heterocycles. The quantitative estimate of drug-likeness (QED) is 0.203. The minimum absolute atomic E-state index is 0.0905. The first-order valence-corrected chi connectivity index (χ1v) is 13.1. The molecule has 34 heavy (non-hydrogen) atoms. The third-order valence-corrected chi connectivity index (χ3v) is 5.87. The zero-order valence-corrected chi connectivity index (χ0v) is 21.2. The molecule has 1 rings (SSSR count). The summed E-state index contributed by atoms with van der Waals surface area (Å²) in [6.07, 6.45) is 12.7. The van der Waals surface area contributed by atoms with Gasteiger partial charge in [-0.25, -0.2) is 4.79 Å². The summed E-state index contributed by atoms with van der Waals surface area (Å²) in [4.78, 5) is 36.2.